The van der Waals surface area contributed by atoms with E-state index in [1.54, 1.807) is 7.11 Å². The lowest BCUT2D eigenvalue weighted by Gasteiger charge is -2.40. The summed E-state index contributed by atoms with van der Waals surface area (Å²) in [6, 6.07) is 7.15. The molecule has 1 aromatic carbocycles. The van der Waals surface area contributed by atoms with E-state index in [1.807, 2.05) is 23.1 Å². The summed E-state index contributed by atoms with van der Waals surface area (Å²) in [5, 5.41) is 6.73. The van der Waals surface area contributed by atoms with Crippen LogP contribution >= 0.6 is 0 Å². The van der Waals surface area contributed by atoms with Gasteiger partial charge >= 0.3 is 0 Å². The molecule has 7 heteroatoms. The highest BCUT2D eigenvalue weighted by Gasteiger charge is 2.30. The summed E-state index contributed by atoms with van der Waals surface area (Å²) < 4.78 is 5.17. The molecule has 1 aromatic rings. The highest BCUT2D eigenvalue weighted by molar-refractivity contribution is 5.98. The molecule has 0 radical (unpaired) electrons. The molecule has 2 fully saturated rings. The summed E-state index contributed by atoms with van der Waals surface area (Å²) in [6.07, 6.45) is 16.0. The normalized spacial score (nSPS) is 22.6. The van der Waals surface area contributed by atoms with Crippen molar-refractivity contribution in [3.8, 4) is 0 Å². The summed E-state index contributed by atoms with van der Waals surface area (Å²) in [5.74, 6) is -0.0516. The first-order valence-electron chi connectivity index (χ1n) is 14.8. The Morgan fingerprint density at radius 1 is 0.973 bits per heavy atom. The Balaban J connectivity index is 1.41. The van der Waals surface area contributed by atoms with Crippen LogP contribution in [0.4, 0.5) is 5.69 Å². The highest BCUT2D eigenvalue weighted by Crippen LogP contribution is 2.30. The van der Waals surface area contributed by atoms with Gasteiger partial charge in [0, 0.05) is 50.1 Å². The van der Waals surface area contributed by atoms with Gasteiger partial charge in [0.2, 0.25) is 0 Å². The minimum atomic E-state index is -0.0303. The molecule has 2 heterocycles. The van der Waals surface area contributed by atoms with E-state index in [9.17, 15) is 9.59 Å². The van der Waals surface area contributed by atoms with Crippen LogP contribution in [0.2, 0.25) is 0 Å². The van der Waals surface area contributed by atoms with Gasteiger partial charge in [0.15, 0.2) is 0 Å². The predicted octanol–water partition coefficient (Wildman–Crippen LogP) is 4.64. The summed E-state index contributed by atoms with van der Waals surface area (Å²) in [6.45, 7) is 4.26. The lowest BCUT2D eigenvalue weighted by Crippen LogP contribution is -2.46. The van der Waals surface area contributed by atoms with Crippen LogP contribution in [0.15, 0.2) is 18.2 Å². The summed E-state index contributed by atoms with van der Waals surface area (Å²) >= 11 is 0. The average Bonchev–Trinajstić information content (AvgIpc) is 3.44. The highest BCUT2D eigenvalue weighted by atomic mass is 16.5. The zero-order valence-electron chi connectivity index (χ0n) is 22.9. The smallest absolute Gasteiger partial charge is 0.252 e. The van der Waals surface area contributed by atoms with Crippen molar-refractivity contribution in [2.45, 2.75) is 102 Å². The van der Waals surface area contributed by atoms with Gasteiger partial charge in [0.05, 0.1) is 0 Å². The third-order valence-electron chi connectivity index (χ3n) is 8.48. The number of likely N-dealkylation sites (tertiary alicyclic amines) is 1. The van der Waals surface area contributed by atoms with E-state index in [1.165, 1.54) is 64.3 Å². The fraction of sp³-hybridized carbons (Fsp3) is 0.733. The maximum absolute atomic E-state index is 13.2. The van der Waals surface area contributed by atoms with Crippen LogP contribution < -0.4 is 15.5 Å². The number of piperidine rings is 1. The Bertz CT molecular complexity index is 870. The van der Waals surface area contributed by atoms with E-state index >= 15 is 0 Å². The number of nitrogens with one attached hydrogen (secondary N) is 2. The van der Waals surface area contributed by atoms with Gasteiger partial charge in [-0.1, -0.05) is 38.5 Å². The maximum atomic E-state index is 13.2. The van der Waals surface area contributed by atoms with Crippen LogP contribution in [-0.2, 0) is 16.1 Å². The second-order valence-corrected chi connectivity index (χ2v) is 11.1. The van der Waals surface area contributed by atoms with Gasteiger partial charge in [-0.2, -0.15) is 0 Å². The Hall–Kier alpha value is -1.96. The number of carbonyl (C=O) groups excluding carboxylic acids is 2. The van der Waals surface area contributed by atoms with Crippen molar-refractivity contribution >= 4 is 17.5 Å². The molecule has 1 saturated heterocycles. The van der Waals surface area contributed by atoms with Crippen molar-refractivity contribution in [1.82, 2.24) is 15.5 Å². The lowest BCUT2D eigenvalue weighted by atomic mass is 9.96. The summed E-state index contributed by atoms with van der Waals surface area (Å²) in [7, 11) is 1.56. The monoisotopic (exact) mass is 512 g/mol. The van der Waals surface area contributed by atoms with Gasteiger partial charge in [0.25, 0.3) is 11.8 Å². The number of methoxy groups -OCH3 is 1. The number of carbonyl (C=O) groups is 2. The SMILES string of the molecule is COCC(=O)N1CCCCCCCNCc2cc(C(=O)NCCC3CCCCN3C3CCCC3)ccc21. The topological polar surface area (TPSA) is 73.9 Å². The fourth-order valence-corrected chi connectivity index (χ4v) is 6.49. The Morgan fingerprint density at radius 3 is 2.57 bits per heavy atom. The Morgan fingerprint density at radius 2 is 1.73 bits per heavy atom. The molecule has 1 saturated carbocycles. The molecule has 1 atom stereocenters. The van der Waals surface area contributed by atoms with Gasteiger partial charge in [-0.3, -0.25) is 14.5 Å². The van der Waals surface area contributed by atoms with E-state index < -0.39 is 0 Å². The van der Waals surface area contributed by atoms with Crippen molar-refractivity contribution in [2.24, 2.45) is 0 Å². The summed E-state index contributed by atoms with van der Waals surface area (Å²) in [5.41, 5.74) is 2.56. The number of hydrogen-bond donors (Lipinski definition) is 2. The third-order valence-corrected chi connectivity index (χ3v) is 8.48. The number of hydrogen-bond acceptors (Lipinski definition) is 5. The van der Waals surface area contributed by atoms with Crippen molar-refractivity contribution in [3.05, 3.63) is 29.3 Å². The molecule has 0 aromatic heterocycles. The molecule has 0 bridgehead atoms. The average molecular weight is 513 g/mol. The van der Waals surface area contributed by atoms with Crippen LogP contribution in [-0.4, -0.2) is 68.7 Å². The van der Waals surface area contributed by atoms with Gasteiger partial charge in [-0.05, 0) is 81.8 Å². The number of ether oxygens (including phenoxy) is 1. The van der Waals surface area contributed by atoms with Gasteiger partial charge < -0.3 is 20.3 Å². The number of anilines is 1. The molecule has 1 aliphatic carbocycles. The fourth-order valence-electron chi connectivity index (χ4n) is 6.49. The standard InChI is InChI=1S/C30H48N4O3/c1-37-23-29(35)34-20-9-4-2-3-8-17-31-22-25-21-24(14-15-28(25)34)30(36)32-18-16-27-13-7-10-19-33(27)26-11-5-6-12-26/h14-15,21,26-27,31H,2-13,16-20,22-23H2,1H3,(H,32,36). The largest absolute Gasteiger partial charge is 0.375 e. The number of rotatable bonds is 7. The second-order valence-electron chi connectivity index (χ2n) is 11.1. The van der Waals surface area contributed by atoms with Crippen LogP contribution in [0, 0.1) is 0 Å². The Kier molecular flexibility index (Phi) is 11.3. The van der Waals surface area contributed by atoms with Crippen molar-refractivity contribution in [3.63, 3.8) is 0 Å². The number of fused-ring (bicyclic) bond motifs is 1. The molecule has 4 rings (SSSR count). The first-order chi connectivity index (χ1) is 18.2. The molecule has 7 nitrogen and oxygen atoms in total. The maximum Gasteiger partial charge on any atom is 0.252 e. The minimum Gasteiger partial charge on any atom is -0.375 e. The van der Waals surface area contributed by atoms with Gasteiger partial charge in [0.1, 0.15) is 6.61 Å². The molecule has 2 N–H and O–H groups in total. The summed E-state index contributed by atoms with van der Waals surface area (Å²) in [4.78, 5) is 30.7. The quantitative estimate of drug-likeness (QED) is 0.557. The molecule has 0 spiro atoms. The molecule has 37 heavy (non-hydrogen) atoms. The van der Waals surface area contributed by atoms with Crippen LogP contribution in [0.5, 0.6) is 0 Å². The van der Waals surface area contributed by atoms with Gasteiger partial charge in [-0.25, -0.2) is 0 Å². The molecule has 206 valence electrons. The van der Waals surface area contributed by atoms with Crippen molar-refractivity contribution < 1.29 is 14.3 Å². The first kappa shape index (κ1) is 28.1. The van der Waals surface area contributed by atoms with E-state index in [0.717, 1.165) is 49.5 Å². The zero-order valence-corrected chi connectivity index (χ0v) is 22.9. The van der Waals surface area contributed by atoms with E-state index in [0.29, 0.717) is 31.2 Å². The molecule has 1 unspecified atom stereocenters. The number of benzene rings is 1. The molecule has 3 aliphatic rings. The van der Waals surface area contributed by atoms with Crippen LogP contribution in [0.1, 0.15) is 99.4 Å². The van der Waals surface area contributed by atoms with Crippen LogP contribution in [0.25, 0.3) is 0 Å². The number of nitrogens with zero attached hydrogens (tertiary/aromatic N) is 2. The lowest BCUT2D eigenvalue weighted by molar-refractivity contribution is -0.122. The molecular formula is C30H48N4O3. The first-order valence-corrected chi connectivity index (χ1v) is 14.8. The minimum absolute atomic E-state index is 0.0214. The van der Waals surface area contributed by atoms with Gasteiger partial charge in [-0.15, -0.1) is 0 Å². The third kappa shape index (κ3) is 8.01. The van der Waals surface area contributed by atoms with E-state index in [2.05, 4.69) is 15.5 Å². The zero-order chi connectivity index (χ0) is 25.9. The molecule has 2 aliphatic heterocycles. The molecular weight excluding hydrogens is 464 g/mol. The van der Waals surface area contributed by atoms with Crippen molar-refractivity contribution in [1.29, 1.82) is 0 Å². The van der Waals surface area contributed by atoms with E-state index in [-0.39, 0.29) is 18.4 Å². The molecule has 2 amide bonds. The second kappa shape index (κ2) is 14.8. The predicted molar refractivity (Wildman–Crippen MR) is 149 cm³/mol. The van der Waals surface area contributed by atoms with Crippen molar-refractivity contribution in [2.75, 3.05) is 44.8 Å². The van der Waals surface area contributed by atoms with E-state index in [4.69, 9.17) is 4.74 Å². The number of amides is 2. The Labute approximate surface area is 223 Å². The van der Waals surface area contributed by atoms with Crippen LogP contribution in [0.3, 0.4) is 0 Å².